The summed E-state index contributed by atoms with van der Waals surface area (Å²) >= 11 is 0. The number of nitrogens with two attached hydrogens (primary N) is 1. The summed E-state index contributed by atoms with van der Waals surface area (Å²) < 4.78 is 40.7. The van der Waals surface area contributed by atoms with Crippen molar-refractivity contribution in [3.05, 3.63) is 29.6 Å². The summed E-state index contributed by atoms with van der Waals surface area (Å²) in [7, 11) is -3.73. The SMILES string of the molecule is CCN(CCNS(=O)(=O)c1cccc(F)c1CN)C1CC1. The number of benzene rings is 1. The standard InChI is InChI=1S/C14H22FN3O2S/c1-2-18(11-6-7-11)9-8-17-21(19,20)14-5-3-4-13(15)12(14)10-16/h3-5,11,17H,2,6-10,16H2,1H3. The molecular weight excluding hydrogens is 293 g/mol. The van der Waals surface area contributed by atoms with Gasteiger partial charge >= 0.3 is 0 Å². The Kier molecular flexibility index (Phi) is 5.32. The molecule has 1 aliphatic carbocycles. The molecule has 1 fully saturated rings. The predicted octanol–water partition coefficient (Wildman–Crippen LogP) is 1.05. The normalized spacial score (nSPS) is 15.6. The zero-order chi connectivity index (χ0) is 15.5. The van der Waals surface area contributed by atoms with Gasteiger partial charge in [0.1, 0.15) is 5.82 Å². The van der Waals surface area contributed by atoms with Crippen LogP contribution in [0.3, 0.4) is 0 Å². The lowest BCUT2D eigenvalue weighted by Crippen LogP contribution is -2.36. The Hall–Kier alpha value is -1.02. The molecule has 0 aliphatic heterocycles. The molecule has 2 rings (SSSR count). The van der Waals surface area contributed by atoms with Crippen LogP contribution in [0.15, 0.2) is 23.1 Å². The Morgan fingerprint density at radius 3 is 2.71 bits per heavy atom. The smallest absolute Gasteiger partial charge is 0.241 e. The van der Waals surface area contributed by atoms with Gasteiger partial charge in [-0.3, -0.25) is 4.90 Å². The summed E-state index contributed by atoms with van der Waals surface area (Å²) in [6, 6.07) is 4.57. The molecule has 0 bridgehead atoms. The highest BCUT2D eigenvalue weighted by atomic mass is 32.2. The van der Waals surface area contributed by atoms with Crippen LogP contribution in [0.25, 0.3) is 0 Å². The number of hydrogen-bond acceptors (Lipinski definition) is 4. The molecule has 0 amide bonds. The lowest BCUT2D eigenvalue weighted by molar-refractivity contribution is 0.282. The van der Waals surface area contributed by atoms with Crippen molar-refractivity contribution in [2.45, 2.75) is 37.2 Å². The highest BCUT2D eigenvalue weighted by Crippen LogP contribution is 2.26. The van der Waals surface area contributed by atoms with Gasteiger partial charge in [-0.2, -0.15) is 0 Å². The van der Waals surface area contributed by atoms with Crippen LogP contribution < -0.4 is 10.5 Å². The van der Waals surface area contributed by atoms with E-state index >= 15 is 0 Å². The van der Waals surface area contributed by atoms with Gasteiger partial charge in [0.2, 0.25) is 10.0 Å². The average Bonchev–Trinajstić information content (AvgIpc) is 3.28. The van der Waals surface area contributed by atoms with E-state index < -0.39 is 15.8 Å². The maximum absolute atomic E-state index is 13.6. The minimum absolute atomic E-state index is 0.0274. The van der Waals surface area contributed by atoms with Crippen molar-refractivity contribution in [2.24, 2.45) is 5.73 Å². The van der Waals surface area contributed by atoms with Gasteiger partial charge in [0.05, 0.1) is 4.90 Å². The van der Waals surface area contributed by atoms with Crippen LogP contribution in [0.2, 0.25) is 0 Å². The second-order valence-electron chi connectivity index (χ2n) is 5.18. The van der Waals surface area contributed by atoms with Crippen molar-refractivity contribution in [1.29, 1.82) is 0 Å². The van der Waals surface area contributed by atoms with E-state index in [1.54, 1.807) is 0 Å². The Morgan fingerprint density at radius 2 is 2.14 bits per heavy atom. The largest absolute Gasteiger partial charge is 0.326 e. The summed E-state index contributed by atoms with van der Waals surface area (Å²) in [6.45, 7) is 3.79. The topological polar surface area (TPSA) is 75.4 Å². The molecule has 0 unspecified atom stereocenters. The van der Waals surface area contributed by atoms with Crippen LogP contribution in [-0.4, -0.2) is 39.0 Å². The molecule has 1 aromatic rings. The molecule has 0 heterocycles. The maximum Gasteiger partial charge on any atom is 0.241 e. The molecule has 21 heavy (non-hydrogen) atoms. The number of likely N-dealkylation sites (N-methyl/N-ethyl adjacent to an activating group) is 1. The van der Waals surface area contributed by atoms with Gasteiger partial charge < -0.3 is 5.73 Å². The number of nitrogens with zero attached hydrogens (tertiary/aromatic N) is 1. The average molecular weight is 315 g/mol. The van der Waals surface area contributed by atoms with E-state index in [4.69, 9.17) is 5.73 Å². The highest BCUT2D eigenvalue weighted by Gasteiger charge is 2.28. The molecule has 1 aliphatic rings. The molecular formula is C14H22FN3O2S. The first kappa shape index (κ1) is 16.4. The highest BCUT2D eigenvalue weighted by molar-refractivity contribution is 7.89. The van der Waals surface area contributed by atoms with Crippen LogP contribution in [0.1, 0.15) is 25.3 Å². The molecule has 1 aromatic carbocycles. The summed E-state index contributed by atoms with van der Waals surface area (Å²) in [5, 5.41) is 0. The van der Waals surface area contributed by atoms with E-state index in [1.807, 2.05) is 0 Å². The van der Waals surface area contributed by atoms with Crippen LogP contribution in [0, 0.1) is 5.82 Å². The summed E-state index contributed by atoms with van der Waals surface area (Å²) in [6.07, 6.45) is 2.36. The fraction of sp³-hybridized carbons (Fsp3) is 0.571. The quantitative estimate of drug-likeness (QED) is 0.752. The lowest BCUT2D eigenvalue weighted by atomic mass is 10.2. The fourth-order valence-corrected chi connectivity index (χ4v) is 3.71. The van der Waals surface area contributed by atoms with Crippen LogP contribution in [0.5, 0.6) is 0 Å². The van der Waals surface area contributed by atoms with Gasteiger partial charge in [0.15, 0.2) is 0 Å². The Morgan fingerprint density at radius 1 is 1.43 bits per heavy atom. The summed E-state index contributed by atoms with van der Waals surface area (Å²) in [5.74, 6) is -0.589. The third-order valence-corrected chi connectivity index (χ3v) is 5.28. The van der Waals surface area contributed by atoms with E-state index in [0.717, 1.165) is 6.54 Å². The molecule has 7 heteroatoms. The van der Waals surface area contributed by atoms with Gasteiger partial charge in [0, 0.05) is 31.2 Å². The minimum Gasteiger partial charge on any atom is -0.326 e. The monoisotopic (exact) mass is 315 g/mol. The zero-order valence-electron chi connectivity index (χ0n) is 12.2. The van der Waals surface area contributed by atoms with E-state index in [0.29, 0.717) is 19.1 Å². The Labute approximate surface area is 125 Å². The molecule has 0 radical (unpaired) electrons. The van der Waals surface area contributed by atoms with Crippen LogP contribution in [0.4, 0.5) is 4.39 Å². The zero-order valence-corrected chi connectivity index (χ0v) is 13.0. The van der Waals surface area contributed by atoms with Crippen molar-refractivity contribution in [1.82, 2.24) is 9.62 Å². The molecule has 0 aromatic heterocycles. The van der Waals surface area contributed by atoms with E-state index in [2.05, 4.69) is 16.5 Å². The van der Waals surface area contributed by atoms with Crippen LogP contribution in [-0.2, 0) is 16.6 Å². The molecule has 1 saturated carbocycles. The molecule has 3 N–H and O–H groups in total. The number of nitrogens with one attached hydrogen (secondary N) is 1. The number of halogens is 1. The molecule has 118 valence electrons. The lowest BCUT2D eigenvalue weighted by Gasteiger charge is -2.20. The van der Waals surface area contributed by atoms with Gasteiger partial charge in [-0.1, -0.05) is 13.0 Å². The van der Waals surface area contributed by atoms with Crippen molar-refractivity contribution in [3.8, 4) is 0 Å². The van der Waals surface area contributed by atoms with Crippen molar-refractivity contribution < 1.29 is 12.8 Å². The number of rotatable bonds is 8. The van der Waals surface area contributed by atoms with Crippen molar-refractivity contribution in [2.75, 3.05) is 19.6 Å². The van der Waals surface area contributed by atoms with Crippen molar-refractivity contribution >= 4 is 10.0 Å². The Bertz CT molecular complexity index is 588. The second-order valence-corrected chi connectivity index (χ2v) is 6.91. The first-order chi connectivity index (χ1) is 9.99. The van der Waals surface area contributed by atoms with Gasteiger partial charge in [-0.25, -0.2) is 17.5 Å². The molecule has 0 spiro atoms. The van der Waals surface area contributed by atoms with Gasteiger partial charge in [0.25, 0.3) is 0 Å². The molecule has 0 saturated heterocycles. The first-order valence-electron chi connectivity index (χ1n) is 7.20. The minimum atomic E-state index is -3.73. The van der Waals surface area contributed by atoms with E-state index in [-0.39, 0.29) is 17.0 Å². The summed E-state index contributed by atoms with van der Waals surface area (Å²) in [5.41, 5.74) is 5.48. The number of sulfonamides is 1. The van der Waals surface area contributed by atoms with Crippen molar-refractivity contribution in [3.63, 3.8) is 0 Å². The summed E-state index contributed by atoms with van der Waals surface area (Å²) in [4.78, 5) is 2.18. The van der Waals surface area contributed by atoms with Gasteiger partial charge in [-0.05, 0) is 31.5 Å². The van der Waals surface area contributed by atoms with E-state index in [1.165, 1.54) is 31.0 Å². The second kappa shape index (κ2) is 6.83. The fourth-order valence-electron chi connectivity index (χ4n) is 2.43. The maximum atomic E-state index is 13.6. The first-order valence-corrected chi connectivity index (χ1v) is 8.69. The van der Waals surface area contributed by atoms with E-state index in [9.17, 15) is 12.8 Å². The molecule has 0 atom stereocenters. The Balaban J connectivity index is 2.03. The number of hydrogen-bond donors (Lipinski definition) is 2. The predicted molar refractivity (Wildman–Crippen MR) is 79.7 cm³/mol. The van der Waals surface area contributed by atoms with Crippen LogP contribution >= 0.6 is 0 Å². The third-order valence-electron chi connectivity index (χ3n) is 3.73. The van der Waals surface area contributed by atoms with Gasteiger partial charge in [-0.15, -0.1) is 0 Å². The molecule has 5 nitrogen and oxygen atoms in total. The third kappa shape index (κ3) is 4.00.